The summed E-state index contributed by atoms with van der Waals surface area (Å²) in [5, 5.41) is 0. The van der Waals surface area contributed by atoms with Crippen molar-refractivity contribution >= 4 is 39.8 Å². The molecule has 0 radical (unpaired) electrons. The third-order valence-electron chi connectivity index (χ3n) is 3.36. The number of carbonyl (C=O) groups is 4. The van der Waals surface area contributed by atoms with Crippen molar-refractivity contribution in [2.45, 2.75) is 33.5 Å². The number of methoxy groups -OCH3 is 2. The largest absolute Gasteiger partial charge is 0.468 e. The van der Waals surface area contributed by atoms with Crippen molar-refractivity contribution in [2.75, 3.05) is 53.1 Å². The first-order chi connectivity index (χ1) is 14.3. The Morgan fingerprint density at radius 3 is 1.39 bits per heavy atom. The van der Waals surface area contributed by atoms with Gasteiger partial charge in [0.2, 0.25) is 7.37 Å². The minimum atomic E-state index is -3.85. The van der Waals surface area contributed by atoms with Crippen LogP contribution in [0, 0.1) is 0 Å². The zero-order chi connectivity index (χ0) is 24.2. The molecule has 31 heavy (non-hydrogen) atoms. The van der Waals surface area contributed by atoms with E-state index in [2.05, 4.69) is 9.47 Å². The maximum Gasteiger partial charge on any atom is 0.410 e. The zero-order valence-electron chi connectivity index (χ0n) is 19.2. The lowest BCUT2D eigenvalue weighted by Gasteiger charge is -2.33. The van der Waals surface area contributed by atoms with Crippen LogP contribution in [-0.4, -0.2) is 95.3 Å². The van der Waals surface area contributed by atoms with Gasteiger partial charge in [-0.05, 0) is 33.5 Å². The summed E-state index contributed by atoms with van der Waals surface area (Å²) >= 11 is 0. The highest BCUT2D eigenvalue weighted by Crippen LogP contribution is 2.50. The first-order valence-electron chi connectivity index (χ1n) is 9.56. The van der Waals surface area contributed by atoms with Gasteiger partial charge < -0.3 is 23.2 Å². The van der Waals surface area contributed by atoms with Crippen LogP contribution in [0.2, 0.25) is 19.6 Å². The molecule has 0 bridgehead atoms. The SMILES string of the molecule is CCOC(=O)N(CC(=O)OC)CP(=O)(CN(CC(=O)OC)C(=O)OCC)O[Si](C)(C)C. The van der Waals surface area contributed by atoms with Crippen LogP contribution in [0.4, 0.5) is 9.59 Å². The van der Waals surface area contributed by atoms with Gasteiger partial charge in [0.15, 0.2) is 8.32 Å². The standard InChI is InChI=1S/C17H33N2O10PSi/c1-8-27-16(22)18(10-14(20)25-3)12-30(24,29-31(5,6)7)13-19(11-15(21)26-4)17(23)28-9-2/h8-13H2,1-7H3. The van der Waals surface area contributed by atoms with Crippen LogP contribution in [0.15, 0.2) is 0 Å². The van der Waals surface area contributed by atoms with E-state index >= 15 is 0 Å². The molecule has 0 heterocycles. The van der Waals surface area contributed by atoms with Crippen LogP contribution < -0.4 is 0 Å². The second-order valence-corrected chi connectivity index (χ2v) is 14.4. The molecule has 0 saturated carbocycles. The van der Waals surface area contributed by atoms with Gasteiger partial charge >= 0.3 is 24.1 Å². The molecular weight excluding hydrogens is 451 g/mol. The Morgan fingerprint density at radius 2 is 1.13 bits per heavy atom. The van der Waals surface area contributed by atoms with Crippen LogP contribution in [0.1, 0.15) is 13.8 Å². The normalized spacial score (nSPS) is 11.3. The van der Waals surface area contributed by atoms with Gasteiger partial charge in [-0.1, -0.05) is 0 Å². The number of hydrogen-bond acceptors (Lipinski definition) is 10. The van der Waals surface area contributed by atoms with E-state index in [4.69, 9.17) is 13.7 Å². The summed E-state index contributed by atoms with van der Waals surface area (Å²) in [4.78, 5) is 50.0. The number of rotatable bonds is 12. The van der Waals surface area contributed by atoms with Gasteiger partial charge in [0.25, 0.3) is 0 Å². The van der Waals surface area contributed by atoms with Crippen molar-refractivity contribution < 1.29 is 46.9 Å². The topological polar surface area (TPSA) is 138 Å². The summed E-state index contributed by atoms with van der Waals surface area (Å²) in [6.45, 7) is 7.42. The Bertz CT molecular complexity index is 636. The van der Waals surface area contributed by atoms with Crippen molar-refractivity contribution in [3.05, 3.63) is 0 Å². The molecule has 2 amide bonds. The van der Waals surface area contributed by atoms with Gasteiger partial charge in [-0.3, -0.25) is 24.0 Å². The molecule has 0 unspecified atom stereocenters. The number of hydrogen-bond donors (Lipinski definition) is 0. The Morgan fingerprint density at radius 1 is 0.774 bits per heavy atom. The smallest absolute Gasteiger partial charge is 0.410 e. The van der Waals surface area contributed by atoms with Crippen LogP contribution in [0.25, 0.3) is 0 Å². The van der Waals surface area contributed by atoms with E-state index in [1.165, 1.54) is 0 Å². The fraction of sp³-hybridized carbons (Fsp3) is 0.765. The minimum Gasteiger partial charge on any atom is -0.468 e. The Balaban J connectivity index is 6.00. The molecule has 0 spiro atoms. The van der Waals surface area contributed by atoms with Gasteiger partial charge in [0.05, 0.1) is 27.4 Å². The van der Waals surface area contributed by atoms with E-state index in [9.17, 15) is 23.7 Å². The number of amides is 2. The molecule has 0 fully saturated rings. The van der Waals surface area contributed by atoms with Crippen LogP contribution >= 0.6 is 7.37 Å². The summed E-state index contributed by atoms with van der Waals surface area (Å²) in [6.07, 6.45) is -2.88. The molecule has 0 aliphatic heterocycles. The number of ether oxygens (including phenoxy) is 4. The summed E-state index contributed by atoms with van der Waals surface area (Å²) in [6, 6.07) is 0. The van der Waals surface area contributed by atoms with Crippen molar-refractivity contribution in [3.8, 4) is 0 Å². The molecule has 0 aliphatic rings. The molecule has 0 aromatic heterocycles. The van der Waals surface area contributed by atoms with Gasteiger partial charge in [-0.15, -0.1) is 0 Å². The van der Waals surface area contributed by atoms with Gasteiger partial charge in [0.1, 0.15) is 25.7 Å². The summed E-state index contributed by atoms with van der Waals surface area (Å²) in [5.41, 5.74) is 0. The molecule has 0 atom stereocenters. The van der Waals surface area contributed by atoms with Crippen molar-refractivity contribution in [1.29, 1.82) is 0 Å². The molecule has 0 aromatic carbocycles. The second kappa shape index (κ2) is 13.3. The van der Waals surface area contributed by atoms with Gasteiger partial charge in [-0.25, -0.2) is 9.59 Å². The molecule has 0 rings (SSSR count). The quantitative estimate of drug-likeness (QED) is 0.175. The predicted octanol–water partition coefficient (Wildman–Crippen LogP) is 2.29. The highest BCUT2D eigenvalue weighted by atomic mass is 31.2. The van der Waals surface area contributed by atoms with Crippen molar-refractivity contribution in [2.24, 2.45) is 0 Å². The molecule has 0 aliphatic carbocycles. The fourth-order valence-corrected chi connectivity index (χ4v) is 8.35. The molecule has 14 heteroatoms. The summed E-state index contributed by atoms with van der Waals surface area (Å²) < 4.78 is 38.7. The van der Waals surface area contributed by atoms with E-state index in [1.54, 1.807) is 33.5 Å². The zero-order valence-corrected chi connectivity index (χ0v) is 21.1. The first kappa shape index (κ1) is 28.9. The molecule has 180 valence electrons. The van der Waals surface area contributed by atoms with E-state index in [1.807, 2.05) is 0 Å². The van der Waals surface area contributed by atoms with E-state index in [-0.39, 0.29) is 13.2 Å². The Kier molecular flexibility index (Phi) is 12.4. The molecule has 12 nitrogen and oxygen atoms in total. The first-order valence-corrected chi connectivity index (χ1v) is 15.0. The van der Waals surface area contributed by atoms with Crippen LogP contribution in [0.5, 0.6) is 0 Å². The monoisotopic (exact) mass is 484 g/mol. The highest BCUT2D eigenvalue weighted by Gasteiger charge is 2.39. The van der Waals surface area contributed by atoms with Crippen LogP contribution in [0.3, 0.4) is 0 Å². The maximum atomic E-state index is 13.8. The number of carbonyl (C=O) groups excluding carboxylic acids is 4. The Labute approximate surface area is 183 Å². The summed E-state index contributed by atoms with van der Waals surface area (Å²) in [5.74, 6) is -1.52. The summed E-state index contributed by atoms with van der Waals surface area (Å²) in [7, 11) is -4.04. The minimum absolute atomic E-state index is 0.0208. The molecule has 0 saturated heterocycles. The highest BCUT2D eigenvalue weighted by molar-refractivity contribution is 7.60. The third-order valence-corrected chi connectivity index (χ3v) is 8.43. The lowest BCUT2D eigenvalue weighted by Crippen LogP contribution is -2.42. The predicted molar refractivity (Wildman–Crippen MR) is 113 cm³/mol. The Hall–Kier alpha value is -2.11. The van der Waals surface area contributed by atoms with E-state index < -0.39 is 65.5 Å². The molecular formula is C17H33N2O10PSi. The van der Waals surface area contributed by atoms with Crippen molar-refractivity contribution in [1.82, 2.24) is 9.80 Å². The second-order valence-electron chi connectivity index (χ2n) is 7.25. The number of esters is 2. The molecule has 0 N–H and O–H groups in total. The lowest BCUT2D eigenvalue weighted by molar-refractivity contribution is -0.142. The third kappa shape index (κ3) is 11.7. The van der Waals surface area contributed by atoms with E-state index in [0.717, 1.165) is 24.0 Å². The average molecular weight is 485 g/mol. The average Bonchev–Trinajstić information content (AvgIpc) is 2.65. The van der Waals surface area contributed by atoms with Crippen molar-refractivity contribution in [3.63, 3.8) is 0 Å². The number of nitrogens with zero attached hydrogens (tertiary/aromatic N) is 2. The van der Waals surface area contributed by atoms with Crippen LogP contribution in [-0.2, 0) is 37.3 Å². The van der Waals surface area contributed by atoms with E-state index in [0.29, 0.717) is 0 Å². The maximum absolute atomic E-state index is 13.8. The fourth-order valence-electron chi connectivity index (χ4n) is 2.34. The van der Waals surface area contributed by atoms with Gasteiger partial charge in [-0.2, -0.15) is 0 Å². The van der Waals surface area contributed by atoms with Gasteiger partial charge in [0, 0.05) is 0 Å². The molecule has 0 aromatic rings. The lowest BCUT2D eigenvalue weighted by atomic mass is 10.6.